The van der Waals surface area contributed by atoms with Gasteiger partial charge in [-0.2, -0.15) is 0 Å². The second-order valence-electron chi connectivity index (χ2n) is 6.17. The molecule has 2 rings (SSSR count). The van der Waals surface area contributed by atoms with Gasteiger partial charge >= 0.3 is 11.6 Å². The lowest BCUT2D eigenvalue weighted by Crippen LogP contribution is -2.37. The lowest BCUT2D eigenvalue weighted by Gasteiger charge is -2.17. The second-order valence-corrected chi connectivity index (χ2v) is 6.17. The number of carbonyl (C=O) groups is 2. The second kappa shape index (κ2) is 8.51. The summed E-state index contributed by atoms with van der Waals surface area (Å²) in [6.07, 6.45) is 0.547. The van der Waals surface area contributed by atoms with Crippen molar-refractivity contribution in [2.75, 3.05) is 6.54 Å². The number of benzene rings is 1. The third kappa shape index (κ3) is 4.84. The zero-order valence-corrected chi connectivity index (χ0v) is 15.1. The van der Waals surface area contributed by atoms with Crippen LogP contribution < -0.4 is 15.7 Å². The van der Waals surface area contributed by atoms with Crippen molar-refractivity contribution in [3.8, 4) is 5.75 Å². The van der Waals surface area contributed by atoms with Gasteiger partial charge in [0.05, 0.1) is 11.8 Å². The van der Waals surface area contributed by atoms with E-state index >= 15 is 0 Å². The van der Waals surface area contributed by atoms with E-state index in [1.165, 1.54) is 6.07 Å². The van der Waals surface area contributed by atoms with Crippen LogP contribution in [0.3, 0.4) is 0 Å². The SMILES string of the molecule is CCCc1cc(=O)oc2cc(C)cc(OC(C)C(=O)NCCC(=O)O)c12. The highest BCUT2D eigenvalue weighted by Gasteiger charge is 2.18. The van der Waals surface area contributed by atoms with E-state index in [2.05, 4.69) is 5.32 Å². The molecule has 0 bridgehead atoms. The Bertz CT molecular complexity index is 870. The molecule has 7 heteroatoms. The molecule has 0 aliphatic rings. The monoisotopic (exact) mass is 361 g/mol. The number of aliphatic carboxylic acids is 1. The fourth-order valence-electron chi connectivity index (χ4n) is 2.71. The van der Waals surface area contributed by atoms with Crippen molar-refractivity contribution in [1.29, 1.82) is 0 Å². The molecular formula is C19H23NO6. The molecule has 7 nitrogen and oxygen atoms in total. The zero-order valence-electron chi connectivity index (χ0n) is 15.1. The van der Waals surface area contributed by atoms with Crippen molar-refractivity contribution in [3.63, 3.8) is 0 Å². The third-order valence-electron chi connectivity index (χ3n) is 3.86. The van der Waals surface area contributed by atoms with Crippen LogP contribution in [-0.2, 0) is 16.0 Å². The molecule has 0 radical (unpaired) electrons. The van der Waals surface area contributed by atoms with Gasteiger partial charge in [-0.25, -0.2) is 4.79 Å². The number of aryl methyl sites for hydroxylation is 2. The molecule has 0 fully saturated rings. The minimum absolute atomic E-state index is 0.0341. The molecule has 1 amide bonds. The van der Waals surface area contributed by atoms with Crippen LogP contribution in [0.5, 0.6) is 5.75 Å². The highest BCUT2D eigenvalue weighted by atomic mass is 16.5. The number of hydrogen-bond acceptors (Lipinski definition) is 5. The molecule has 0 spiro atoms. The smallest absolute Gasteiger partial charge is 0.336 e. The van der Waals surface area contributed by atoms with Gasteiger partial charge in [0, 0.05) is 12.6 Å². The molecule has 140 valence electrons. The number of fused-ring (bicyclic) bond motifs is 1. The van der Waals surface area contributed by atoms with Crippen molar-refractivity contribution in [2.24, 2.45) is 0 Å². The quantitative estimate of drug-likeness (QED) is 0.700. The van der Waals surface area contributed by atoms with Crippen LogP contribution in [0, 0.1) is 6.92 Å². The number of rotatable bonds is 8. The maximum Gasteiger partial charge on any atom is 0.336 e. The van der Waals surface area contributed by atoms with Gasteiger partial charge in [-0.15, -0.1) is 0 Å². The van der Waals surface area contributed by atoms with Crippen molar-refractivity contribution < 1.29 is 23.8 Å². The Hall–Kier alpha value is -2.83. The number of carbonyl (C=O) groups excluding carboxylic acids is 1. The maximum atomic E-state index is 12.1. The number of amides is 1. The molecule has 1 aromatic heterocycles. The molecule has 1 atom stereocenters. The van der Waals surface area contributed by atoms with E-state index in [0.29, 0.717) is 23.1 Å². The number of carboxylic acid groups (broad SMARTS) is 1. The summed E-state index contributed by atoms with van der Waals surface area (Å²) >= 11 is 0. The summed E-state index contributed by atoms with van der Waals surface area (Å²) in [7, 11) is 0. The van der Waals surface area contributed by atoms with Gasteiger partial charge in [-0.05, 0) is 43.5 Å². The molecule has 0 saturated heterocycles. The van der Waals surface area contributed by atoms with Crippen LogP contribution in [0.1, 0.15) is 37.8 Å². The molecule has 0 saturated carbocycles. The Balaban J connectivity index is 2.32. The van der Waals surface area contributed by atoms with Crippen molar-refractivity contribution in [3.05, 3.63) is 39.7 Å². The summed E-state index contributed by atoms with van der Waals surface area (Å²) in [6, 6.07) is 5.01. The van der Waals surface area contributed by atoms with Crippen LogP contribution in [-0.4, -0.2) is 29.6 Å². The Labute approximate surface area is 151 Å². The molecule has 1 unspecified atom stereocenters. The fraction of sp³-hybridized carbons (Fsp3) is 0.421. The molecule has 1 heterocycles. The van der Waals surface area contributed by atoms with Gasteiger partial charge in [0.25, 0.3) is 5.91 Å². The number of carboxylic acids is 1. The Morgan fingerprint density at radius 1 is 1.31 bits per heavy atom. The molecule has 0 aliphatic carbocycles. The van der Waals surface area contributed by atoms with Gasteiger partial charge in [-0.1, -0.05) is 13.3 Å². The van der Waals surface area contributed by atoms with Gasteiger partial charge in [0.2, 0.25) is 0 Å². The summed E-state index contributed by atoms with van der Waals surface area (Å²) < 4.78 is 11.1. The topological polar surface area (TPSA) is 106 Å². The average molecular weight is 361 g/mol. The van der Waals surface area contributed by atoms with E-state index in [1.54, 1.807) is 19.1 Å². The Morgan fingerprint density at radius 3 is 2.69 bits per heavy atom. The Morgan fingerprint density at radius 2 is 2.04 bits per heavy atom. The van der Waals surface area contributed by atoms with Gasteiger partial charge in [-0.3, -0.25) is 9.59 Å². The first kappa shape index (κ1) is 19.5. The first-order valence-electron chi connectivity index (χ1n) is 8.55. The number of hydrogen-bond donors (Lipinski definition) is 2. The van der Waals surface area contributed by atoms with E-state index in [1.807, 2.05) is 13.8 Å². The van der Waals surface area contributed by atoms with Crippen molar-refractivity contribution in [2.45, 2.75) is 46.1 Å². The maximum absolute atomic E-state index is 12.1. The molecular weight excluding hydrogens is 338 g/mol. The lowest BCUT2D eigenvalue weighted by molar-refractivity contribution is -0.137. The largest absolute Gasteiger partial charge is 0.481 e. The van der Waals surface area contributed by atoms with Crippen LogP contribution >= 0.6 is 0 Å². The van der Waals surface area contributed by atoms with Gasteiger partial charge in [0.15, 0.2) is 6.10 Å². The molecule has 26 heavy (non-hydrogen) atoms. The zero-order chi connectivity index (χ0) is 19.3. The minimum Gasteiger partial charge on any atom is -0.481 e. The first-order valence-corrected chi connectivity index (χ1v) is 8.55. The summed E-state index contributed by atoms with van der Waals surface area (Å²) in [4.78, 5) is 34.4. The summed E-state index contributed by atoms with van der Waals surface area (Å²) in [6.45, 7) is 5.47. The van der Waals surface area contributed by atoms with E-state index in [-0.39, 0.29) is 13.0 Å². The number of ether oxygens (including phenoxy) is 1. The number of nitrogens with one attached hydrogen (secondary N) is 1. The summed E-state index contributed by atoms with van der Waals surface area (Å²) in [5.74, 6) is -0.925. The van der Waals surface area contributed by atoms with Crippen LogP contribution in [0.4, 0.5) is 0 Å². The highest BCUT2D eigenvalue weighted by molar-refractivity contribution is 5.88. The Kier molecular flexibility index (Phi) is 6.38. The molecule has 0 aliphatic heterocycles. The standard InChI is InChI=1S/C19H23NO6/c1-4-5-13-10-17(23)26-15-9-11(2)8-14(18(13)15)25-12(3)19(24)20-7-6-16(21)22/h8-10,12H,4-7H2,1-3H3,(H,20,24)(H,21,22). The summed E-state index contributed by atoms with van der Waals surface area (Å²) in [5.41, 5.74) is 1.65. The molecule has 2 N–H and O–H groups in total. The van der Waals surface area contributed by atoms with E-state index < -0.39 is 23.6 Å². The normalized spacial score (nSPS) is 12.0. The van der Waals surface area contributed by atoms with E-state index in [0.717, 1.165) is 17.5 Å². The van der Waals surface area contributed by atoms with E-state index in [4.69, 9.17) is 14.3 Å². The van der Waals surface area contributed by atoms with Crippen molar-refractivity contribution >= 4 is 22.8 Å². The van der Waals surface area contributed by atoms with Gasteiger partial charge < -0.3 is 19.6 Å². The highest BCUT2D eigenvalue weighted by Crippen LogP contribution is 2.31. The predicted molar refractivity (Wildman–Crippen MR) is 96.6 cm³/mol. The third-order valence-corrected chi connectivity index (χ3v) is 3.86. The minimum atomic E-state index is -0.984. The van der Waals surface area contributed by atoms with Crippen LogP contribution in [0.25, 0.3) is 11.0 Å². The first-order chi connectivity index (χ1) is 12.3. The average Bonchev–Trinajstić information content (AvgIpc) is 2.53. The van der Waals surface area contributed by atoms with Crippen molar-refractivity contribution in [1.82, 2.24) is 5.32 Å². The lowest BCUT2D eigenvalue weighted by atomic mass is 10.0. The molecule has 2 aromatic rings. The van der Waals surface area contributed by atoms with Crippen LogP contribution in [0.2, 0.25) is 0 Å². The van der Waals surface area contributed by atoms with Gasteiger partial charge in [0.1, 0.15) is 11.3 Å². The fourth-order valence-corrected chi connectivity index (χ4v) is 2.71. The molecule has 1 aromatic carbocycles. The van der Waals surface area contributed by atoms with Crippen LogP contribution in [0.15, 0.2) is 27.4 Å². The predicted octanol–water partition coefficient (Wildman–Crippen LogP) is 2.41. The summed E-state index contributed by atoms with van der Waals surface area (Å²) in [5, 5.41) is 11.8. The van der Waals surface area contributed by atoms with E-state index in [9.17, 15) is 14.4 Å².